The number of ether oxygens (including phenoxy) is 1. The van der Waals surface area contributed by atoms with Crippen LogP contribution < -0.4 is 4.90 Å². The number of benzene rings is 3. The van der Waals surface area contributed by atoms with Crippen LogP contribution in [0.1, 0.15) is 50.3 Å². The minimum atomic E-state index is -0.498. The van der Waals surface area contributed by atoms with Crippen molar-refractivity contribution in [2.24, 2.45) is 0 Å². The van der Waals surface area contributed by atoms with E-state index in [2.05, 4.69) is 20.8 Å². The van der Waals surface area contributed by atoms with Gasteiger partial charge >= 0.3 is 5.97 Å². The standard InChI is InChI=1S/C26H23BrN2O4/c27-18-7-4-6-17(16-18)26(32)33-15-14-29-24(30)20-9-5-8-19-22(28-12-2-1-3-13-28)11-10-21(23(19)20)25(29)31/h4-11,16H,1-3,12-15H2. The summed E-state index contributed by atoms with van der Waals surface area (Å²) in [4.78, 5) is 42.3. The molecule has 6 nitrogen and oxygen atoms in total. The van der Waals surface area contributed by atoms with Crippen LogP contribution in [0.2, 0.25) is 0 Å². The van der Waals surface area contributed by atoms with Gasteiger partial charge in [0.25, 0.3) is 11.8 Å². The molecule has 7 heteroatoms. The summed E-state index contributed by atoms with van der Waals surface area (Å²) in [5, 5.41) is 1.66. The monoisotopic (exact) mass is 506 g/mol. The lowest BCUT2D eigenvalue weighted by molar-refractivity contribution is 0.0405. The highest BCUT2D eigenvalue weighted by Gasteiger charge is 2.33. The van der Waals surface area contributed by atoms with Crippen LogP contribution >= 0.6 is 15.9 Å². The van der Waals surface area contributed by atoms with Gasteiger partial charge in [-0.05, 0) is 55.7 Å². The van der Waals surface area contributed by atoms with Gasteiger partial charge in [0.15, 0.2) is 0 Å². The average Bonchev–Trinajstić information content (AvgIpc) is 2.84. The van der Waals surface area contributed by atoms with Gasteiger partial charge in [0, 0.05) is 45.1 Å². The first-order valence-electron chi connectivity index (χ1n) is 11.1. The van der Waals surface area contributed by atoms with E-state index in [1.54, 1.807) is 24.3 Å². The summed E-state index contributed by atoms with van der Waals surface area (Å²) >= 11 is 3.33. The van der Waals surface area contributed by atoms with E-state index in [-0.39, 0.29) is 25.0 Å². The topological polar surface area (TPSA) is 66.9 Å². The van der Waals surface area contributed by atoms with Crippen molar-refractivity contribution in [2.45, 2.75) is 19.3 Å². The van der Waals surface area contributed by atoms with Gasteiger partial charge in [-0.1, -0.05) is 34.1 Å². The maximum Gasteiger partial charge on any atom is 0.338 e. The maximum atomic E-state index is 13.2. The molecular formula is C26H23BrN2O4. The summed E-state index contributed by atoms with van der Waals surface area (Å²) < 4.78 is 6.10. The minimum Gasteiger partial charge on any atom is -0.460 e. The lowest BCUT2D eigenvalue weighted by Gasteiger charge is -2.32. The fraction of sp³-hybridized carbons (Fsp3) is 0.269. The molecule has 1 fully saturated rings. The first-order chi connectivity index (χ1) is 16.0. The minimum absolute atomic E-state index is 0.00111. The van der Waals surface area contributed by atoms with Crippen LogP contribution in [0.25, 0.3) is 10.8 Å². The molecule has 2 aliphatic heterocycles. The van der Waals surface area contributed by atoms with E-state index in [0.29, 0.717) is 16.7 Å². The number of halogens is 1. The van der Waals surface area contributed by atoms with Gasteiger partial charge < -0.3 is 9.64 Å². The summed E-state index contributed by atoms with van der Waals surface area (Å²) in [6.07, 6.45) is 3.52. The Balaban J connectivity index is 1.38. The summed E-state index contributed by atoms with van der Waals surface area (Å²) in [6.45, 7) is 1.90. The van der Waals surface area contributed by atoms with Crippen molar-refractivity contribution in [3.05, 3.63) is 75.8 Å². The molecule has 0 saturated carbocycles. The normalized spacial score (nSPS) is 15.8. The van der Waals surface area contributed by atoms with Crippen molar-refractivity contribution in [1.82, 2.24) is 4.90 Å². The zero-order valence-electron chi connectivity index (χ0n) is 18.1. The van der Waals surface area contributed by atoms with Crippen molar-refractivity contribution in [2.75, 3.05) is 31.1 Å². The first-order valence-corrected chi connectivity index (χ1v) is 11.9. The second-order valence-corrected chi connectivity index (χ2v) is 9.23. The summed E-state index contributed by atoms with van der Waals surface area (Å²) in [5.74, 6) is -1.21. The number of carbonyl (C=O) groups is 3. The van der Waals surface area contributed by atoms with Crippen LogP contribution in [0.3, 0.4) is 0 Å². The third-order valence-corrected chi connectivity index (χ3v) is 6.77. The molecule has 0 spiro atoms. The highest BCUT2D eigenvalue weighted by Crippen LogP contribution is 2.36. The molecule has 0 N–H and O–H groups in total. The highest BCUT2D eigenvalue weighted by atomic mass is 79.9. The Morgan fingerprint density at radius 1 is 0.909 bits per heavy atom. The van der Waals surface area contributed by atoms with Gasteiger partial charge in [-0.3, -0.25) is 14.5 Å². The Bertz CT molecular complexity index is 1240. The van der Waals surface area contributed by atoms with Gasteiger partial charge in [-0.15, -0.1) is 0 Å². The molecule has 2 aliphatic rings. The van der Waals surface area contributed by atoms with E-state index < -0.39 is 5.97 Å². The van der Waals surface area contributed by atoms with Gasteiger partial charge in [-0.25, -0.2) is 4.79 Å². The number of rotatable bonds is 5. The summed E-state index contributed by atoms with van der Waals surface area (Å²) in [7, 11) is 0. The molecule has 2 amide bonds. The van der Waals surface area contributed by atoms with Crippen molar-refractivity contribution >= 4 is 50.2 Å². The molecule has 0 bridgehead atoms. The van der Waals surface area contributed by atoms with Gasteiger partial charge in [-0.2, -0.15) is 0 Å². The number of carbonyl (C=O) groups excluding carboxylic acids is 3. The molecule has 2 heterocycles. The molecule has 3 aromatic carbocycles. The van der Waals surface area contributed by atoms with E-state index in [1.165, 1.54) is 11.3 Å². The van der Waals surface area contributed by atoms with Crippen LogP contribution in [-0.2, 0) is 4.74 Å². The third-order valence-electron chi connectivity index (χ3n) is 6.27. The third kappa shape index (κ3) is 4.02. The second kappa shape index (κ2) is 8.98. The van der Waals surface area contributed by atoms with Crippen molar-refractivity contribution in [1.29, 1.82) is 0 Å². The van der Waals surface area contributed by atoms with Crippen molar-refractivity contribution in [3.8, 4) is 0 Å². The van der Waals surface area contributed by atoms with E-state index in [9.17, 15) is 14.4 Å². The molecule has 1 saturated heterocycles. The van der Waals surface area contributed by atoms with E-state index in [0.717, 1.165) is 46.9 Å². The van der Waals surface area contributed by atoms with Crippen molar-refractivity contribution in [3.63, 3.8) is 0 Å². The maximum absolute atomic E-state index is 13.2. The Morgan fingerprint density at radius 3 is 2.39 bits per heavy atom. The summed E-state index contributed by atoms with van der Waals surface area (Å²) in [5.41, 5.74) is 2.51. The quantitative estimate of drug-likeness (QED) is 0.358. The molecule has 3 aromatic rings. The molecule has 0 radical (unpaired) electrons. The molecule has 0 unspecified atom stereocenters. The van der Waals surface area contributed by atoms with Crippen LogP contribution in [0.15, 0.2) is 59.1 Å². The number of nitrogens with zero attached hydrogens (tertiary/aromatic N) is 2. The number of esters is 1. The molecule has 0 aromatic heterocycles. The second-order valence-electron chi connectivity index (χ2n) is 8.32. The molecule has 5 rings (SSSR count). The van der Waals surface area contributed by atoms with Crippen LogP contribution in [-0.4, -0.2) is 48.9 Å². The number of hydrogen-bond donors (Lipinski definition) is 0. The summed E-state index contributed by atoms with van der Waals surface area (Å²) in [6, 6.07) is 16.3. The lowest BCUT2D eigenvalue weighted by atomic mass is 9.92. The first kappa shape index (κ1) is 21.6. The van der Waals surface area contributed by atoms with Crippen molar-refractivity contribution < 1.29 is 19.1 Å². The Hall–Kier alpha value is -3.19. The number of hydrogen-bond acceptors (Lipinski definition) is 5. The van der Waals surface area contributed by atoms with Gasteiger partial charge in [0.05, 0.1) is 12.1 Å². The fourth-order valence-corrected chi connectivity index (χ4v) is 5.07. The highest BCUT2D eigenvalue weighted by molar-refractivity contribution is 9.10. The van der Waals surface area contributed by atoms with E-state index in [4.69, 9.17) is 4.74 Å². The smallest absolute Gasteiger partial charge is 0.338 e. The Morgan fingerprint density at radius 2 is 1.64 bits per heavy atom. The van der Waals surface area contributed by atoms with E-state index >= 15 is 0 Å². The Labute approximate surface area is 200 Å². The van der Waals surface area contributed by atoms with Gasteiger partial charge in [0.2, 0.25) is 0 Å². The number of imide groups is 1. The molecule has 0 aliphatic carbocycles. The molecule has 168 valence electrons. The zero-order valence-corrected chi connectivity index (χ0v) is 19.6. The number of amides is 2. The van der Waals surface area contributed by atoms with Crippen LogP contribution in [0, 0.1) is 0 Å². The Kier molecular flexibility index (Phi) is 5.89. The van der Waals surface area contributed by atoms with Crippen LogP contribution in [0.5, 0.6) is 0 Å². The number of piperidine rings is 1. The van der Waals surface area contributed by atoms with E-state index in [1.807, 2.05) is 30.3 Å². The molecule has 0 atom stereocenters. The lowest BCUT2D eigenvalue weighted by Crippen LogP contribution is -2.42. The predicted molar refractivity (Wildman–Crippen MR) is 130 cm³/mol. The van der Waals surface area contributed by atoms with Gasteiger partial charge in [0.1, 0.15) is 6.61 Å². The SMILES string of the molecule is O=C(OCCN1C(=O)c2cccc3c(N4CCCCC4)ccc(c23)C1=O)c1cccc(Br)c1. The predicted octanol–water partition coefficient (Wildman–Crippen LogP) is 5.05. The van der Waals surface area contributed by atoms with Crippen LogP contribution in [0.4, 0.5) is 5.69 Å². The fourth-order valence-electron chi connectivity index (χ4n) is 4.67. The molecule has 33 heavy (non-hydrogen) atoms. The average molecular weight is 507 g/mol. The zero-order chi connectivity index (χ0) is 22.9. The largest absolute Gasteiger partial charge is 0.460 e. The molecular weight excluding hydrogens is 484 g/mol. The number of anilines is 1.